The minimum absolute atomic E-state index is 0.0965. The maximum Gasteiger partial charge on any atom is 0.262 e. The van der Waals surface area contributed by atoms with E-state index in [1.807, 2.05) is 26.0 Å². The summed E-state index contributed by atoms with van der Waals surface area (Å²) in [7, 11) is -3.72. The highest BCUT2D eigenvalue weighted by atomic mass is 32.2. The number of benzene rings is 3. The van der Waals surface area contributed by atoms with Crippen molar-refractivity contribution in [2.75, 3.05) is 23.3 Å². The molecule has 3 aromatic rings. The van der Waals surface area contributed by atoms with Gasteiger partial charge in [-0.3, -0.25) is 9.52 Å². The van der Waals surface area contributed by atoms with Gasteiger partial charge in [-0.1, -0.05) is 17.7 Å². The molecule has 0 bridgehead atoms. The molecular weight excluding hydrogens is 416 g/mol. The third-order valence-corrected chi connectivity index (χ3v) is 5.65. The molecule has 7 nitrogen and oxygen atoms in total. The van der Waals surface area contributed by atoms with Crippen molar-refractivity contribution in [2.24, 2.45) is 0 Å². The second-order valence-corrected chi connectivity index (χ2v) is 8.42. The van der Waals surface area contributed by atoms with Crippen LogP contribution in [0.25, 0.3) is 0 Å². The predicted molar refractivity (Wildman–Crippen MR) is 120 cm³/mol. The molecule has 31 heavy (non-hydrogen) atoms. The van der Waals surface area contributed by atoms with Gasteiger partial charge in [0.2, 0.25) is 0 Å². The molecule has 0 spiro atoms. The fourth-order valence-corrected chi connectivity index (χ4v) is 3.76. The molecule has 8 heteroatoms. The fourth-order valence-electron chi connectivity index (χ4n) is 2.70. The van der Waals surface area contributed by atoms with Gasteiger partial charge in [-0.05, 0) is 74.5 Å². The smallest absolute Gasteiger partial charge is 0.262 e. The molecule has 0 aliphatic carbocycles. The highest BCUT2D eigenvalue weighted by Gasteiger charge is 2.14. The van der Waals surface area contributed by atoms with Gasteiger partial charge in [-0.2, -0.15) is 0 Å². The number of amides is 1. The lowest BCUT2D eigenvalue weighted by Gasteiger charge is -2.10. The first-order valence-corrected chi connectivity index (χ1v) is 11.2. The predicted octanol–water partition coefficient (Wildman–Crippen LogP) is 4.21. The topological polar surface area (TPSA) is 93.7 Å². The summed E-state index contributed by atoms with van der Waals surface area (Å²) in [6.45, 7) is 4.19. The lowest BCUT2D eigenvalue weighted by atomic mass is 10.2. The third kappa shape index (κ3) is 6.48. The normalized spacial score (nSPS) is 10.9. The first kappa shape index (κ1) is 22.2. The Balaban J connectivity index is 1.53. The Morgan fingerprint density at radius 3 is 1.97 bits per heavy atom. The highest BCUT2D eigenvalue weighted by molar-refractivity contribution is 7.92. The van der Waals surface area contributed by atoms with E-state index in [4.69, 9.17) is 9.47 Å². The number of ether oxygens (including phenoxy) is 2. The Morgan fingerprint density at radius 2 is 1.35 bits per heavy atom. The summed E-state index contributed by atoms with van der Waals surface area (Å²) in [5.74, 6) is 0.779. The first-order valence-electron chi connectivity index (χ1n) is 9.71. The summed E-state index contributed by atoms with van der Waals surface area (Å²) < 4.78 is 38.4. The second kappa shape index (κ2) is 9.99. The van der Waals surface area contributed by atoms with Crippen LogP contribution in [-0.4, -0.2) is 27.5 Å². The lowest BCUT2D eigenvalue weighted by molar-refractivity contribution is -0.118. The van der Waals surface area contributed by atoms with Gasteiger partial charge in [0.25, 0.3) is 15.9 Å². The van der Waals surface area contributed by atoms with E-state index in [-0.39, 0.29) is 17.4 Å². The number of hydrogen-bond acceptors (Lipinski definition) is 5. The van der Waals surface area contributed by atoms with Crippen molar-refractivity contribution in [1.82, 2.24) is 0 Å². The number of aryl methyl sites for hydroxylation is 1. The summed E-state index contributed by atoms with van der Waals surface area (Å²) >= 11 is 0. The van der Waals surface area contributed by atoms with E-state index >= 15 is 0 Å². The largest absolute Gasteiger partial charge is 0.494 e. The van der Waals surface area contributed by atoms with Crippen LogP contribution in [0.3, 0.4) is 0 Å². The average Bonchev–Trinajstić information content (AvgIpc) is 2.76. The fraction of sp³-hybridized carbons (Fsp3) is 0.174. The lowest BCUT2D eigenvalue weighted by Crippen LogP contribution is -2.20. The zero-order valence-corrected chi connectivity index (χ0v) is 18.1. The van der Waals surface area contributed by atoms with Crippen LogP contribution in [0.5, 0.6) is 11.5 Å². The second-order valence-electron chi connectivity index (χ2n) is 6.74. The molecule has 0 unspecified atom stereocenters. The quantitative estimate of drug-likeness (QED) is 0.520. The Morgan fingerprint density at radius 1 is 0.806 bits per heavy atom. The van der Waals surface area contributed by atoms with E-state index < -0.39 is 10.0 Å². The molecule has 0 fully saturated rings. The summed E-state index contributed by atoms with van der Waals surface area (Å²) in [5, 5.41) is 2.72. The van der Waals surface area contributed by atoms with Gasteiger partial charge in [0, 0.05) is 11.4 Å². The molecule has 0 saturated heterocycles. The molecule has 0 radical (unpaired) electrons. The summed E-state index contributed by atoms with van der Waals surface area (Å²) in [6.07, 6.45) is 0. The first-order chi connectivity index (χ1) is 14.9. The number of nitrogens with one attached hydrogen (secondary N) is 2. The van der Waals surface area contributed by atoms with Crippen molar-refractivity contribution in [1.29, 1.82) is 0 Å². The molecular formula is C23H24N2O5S. The van der Waals surface area contributed by atoms with Crippen LogP contribution in [0.1, 0.15) is 12.5 Å². The van der Waals surface area contributed by atoms with E-state index in [1.54, 1.807) is 36.4 Å². The van der Waals surface area contributed by atoms with E-state index in [0.29, 0.717) is 23.7 Å². The van der Waals surface area contributed by atoms with Crippen LogP contribution in [0.4, 0.5) is 11.4 Å². The van der Waals surface area contributed by atoms with E-state index in [0.717, 1.165) is 11.3 Å². The van der Waals surface area contributed by atoms with Gasteiger partial charge < -0.3 is 14.8 Å². The van der Waals surface area contributed by atoms with Crippen LogP contribution in [0.2, 0.25) is 0 Å². The molecule has 3 rings (SSSR count). The molecule has 2 N–H and O–H groups in total. The van der Waals surface area contributed by atoms with Gasteiger partial charge in [0.1, 0.15) is 11.5 Å². The molecule has 1 amide bonds. The van der Waals surface area contributed by atoms with Gasteiger partial charge in [-0.15, -0.1) is 0 Å². The Hall–Kier alpha value is -3.52. The van der Waals surface area contributed by atoms with Crippen molar-refractivity contribution in [2.45, 2.75) is 18.7 Å². The Kier molecular flexibility index (Phi) is 7.15. The minimum atomic E-state index is -3.72. The third-order valence-electron chi connectivity index (χ3n) is 4.26. The molecule has 0 atom stereocenters. The van der Waals surface area contributed by atoms with Gasteiger partial charge >= 0.3 is 0 Å². The Bertz CT molecular complexity index is 1110. The van der Waals surface area contributed by atoms with E-state index in [9.17, 15) is 13.2 Å². The summed E-state index contributed by atoms with van der Waals surface area (Å²) in [5.41, 5.74) is 2.15. The molecule has 0 aromatic heterocycles. The zero-order chi connectivity index (χ0) is 22.3. The van der Waals surface area contributed by atoms with Crippen molar-refractivity contribution < 1.29 is 22.7 Å². The zero-order valence-electron chi connectivity index (χ0n) is 17.3. The standard InChI is InChI=1S/C23H24N2O5S/c1-3-29-20-10-8-18(9-11-20)24-23(26)16-30-21-12-14-22(15-13-21)31(27,28)25-19-6-4-17(2)5-7-19/h4-15,25H,3,16H2,1-2H3,(H,24,26). The molecule has 3 aromatic carbocycles. The number of carbonyl (C=O) groups is 1. The Labute approximate surface area is 182 Å². The van der Waals surface area contributed by atoms with Crippen molar-refractivity contribution in [3.63, 3.8) is 0 Å². The van der Waals surface area contributed by atoms with Crippen molar-refractivity contribution in [3.8, 4) is 11.5 Å². The maximum absolute atomic E-state index is 12.5. The number of sulfonamides is 1. The molecule has 0 aliphatic heterocycles. The van der Waals surface area contributed by atoms with Gasteiger partial charge in [0.05, 0.1) is 11.5 Å². The van der Waals surface area contributed by atoms with Crippen LogP contribution in [-0.2, 0) is 14.8 Å². The van der Waals surface area contributed by atoms with E-state index in [1.165, 1.54) is 24.3 Å². The highest BCUT2D eigenvalue weighted by Crippen LogP contribution is 2.20. The summed E-state index contributed by atoms with van der Waals surface area (Å²) in [4.78, 5) is 12.2. The minimum Gasteiger partial charge on any atom is -0.494 e. The number of hydrogen-bond donors (Lipinski definition) is 2. The van der Waals surface area contributed by atoms with Gasteiger partial charge in [0.15, 0.2) is 6.61 Å². The number of carbonyl (C=O) groups excluding carboxylic acids is 1. The molecule has 0 heterocycles. The monoisotopic (exact) mass is 440 g/mol. The van der Waals surface area contributed by atoms with Crippen molar-refractivity contribution >= 4 is 27.3 Å². The molecule has 0 aliphatic rings. The van der Waals surface area contributed by atoms with Crippen LogP contribution < -0.4 is 19.5 Å². The SMILES string of the molecule is CCOc1ccc(NC(=O)COc2ccc(S(=O)(=O)Nc3ccc(C)cc3)cc2)cc1. The molecule has 0 saturated carbocycles. The van der Waals surface area contributed by atoms with Crippen LogP contribution in [0, 0.1) is 6.92 Å². The van der Waals surface area contributed by atoms with Crippen molar-refractivity contribution in [3.05, 3.63) is 78.4 Å². The molecule has 162 valence electrons. The maximum atomic E-state index is 12.5. The van der Waals surface area contributed by atoms with Crippen LogP contribution >= 0.6 is 0 Å². The van der Waals surface area contributed by atoms with Gasteiger partial charge in [-0.25, -0.2) is 8.42 Å². The average molecular weight is 441 g/mol. The number of anilines is 2. The van der Waals surface area contributed by atoms with Crippen LogP contribution in [0.15, 0.2) is 77.7 Å². The van der Waals surface area contributed by atoms with E-state index in [2.05, 4.69) is 10.0 Å². The number of rotatable bonds is 9. The summed E-state index contributed by atoms with van der Waals surface area (Å²) in [6, 6.07) is 19.9.